The van der Waals surface area contributed by atoms with Gasteiger partial charge in [0.25, 0.3) is 0 Å². The van der Waals surface area contributed by atoms with Gasteiger partial charge in [-0.05, 0) is 73.0 Å². The molecule has 0 amide bonds. The first kappa shape index (κ1) is 17.5. The molecule has 0 bridgehead atoms. The third-order valence-electron chi connectivity index (χ3n) is 8.89. The Morgan fingerprint density at radius 1 is 1.24 bits per heavy atom. The zero-order chi connectivity index (χ0) is 18.0. The number of Topliss-reactive ketones (excluding diaryl/α,β-unsaturated/α-hetero) is 1. The second kappa shape index (κ2) is 5.81. The fourth-order valence-corrected chi connectivity index (χ4v) is 7.50. The molecule has 3 fully saturated rings. The molecule has 2 heteroatoms. The molecule has 0 radical (unpaired) electrons. The second-order valence-corrected chi connectivity index (χ2v) is 9.94. The van der Waals surface area contributed by atoms with Gasteiger partial charge in [-0.25, -0.2) is 0 Å². The minimum atomic E-state index is -0.143. The van der Waals surface area contributed by atoms with Crippen LogP contribution < -0.4 is 0 Å². The van der Waals surface area contributed by atoms with Crippen molar-refractivity contribution in [1.82, 2.24) is 0 Å². The van der Waals surface area contributed by atoms with Crippen LogP contribution in [0.2, 0.25) is 0 Å². The Morgan fingerprint density at radius 2 is 2.00 bits per heavy atom. The summed E-state index contributed by atoms with van der Waals surface area (Å²) in [5.74, 6) is 2.82. The maximum Gasteiger partial charge on any atom is 0.137 e. The highest BCUT2D eigenvalue weighted by atomic mass is 16.3. The van der Waals surface area contributed by atoms with E-state index in [2.05, 4.69) is 33.4 Å². The minimum Gasteiger partial charge on any atom is -0.393 e. The maximum atomic E-state index is 12.9. The van der Waals surface area contributed by atoms with Gasteiger partial charge in [-0.2, -0.15) is 0 Å². The molecule has 0 aromatic rings. The van der Waals surface area contributed by atoms with Crippen molar-refractivity contribution in [2.75, 3.05) is 0 Å². The number of aliphatic hydroxyl groups is 1. The normalized spacial score (nSPS) is 50.3. The van der Waals surface area contributed by atoms with Crippen molar-refractivity contribution in [2.45, 2.75) is 71.8 Å². The molecule has 4 rings (SSSR count). The molecule has 0 aliphatic heterocycles. The topological polar surface area (TPSA) is 37.3 Å². The quantitative estimate of drug-likeness (QED) is 0.723. The summed E-state index contributed by atoms with van der Waals surface area (Å²) in [6.45, 7) is 11.0. The summed E-state index contributed by atoms with van der Waals surface area (Å²) in [6, 6.07) is 0. The first-order valence-corrected chi connectivity index (χ1v) is 10.3. The zero-order valence-electron chi connectivity index (χ0n) is 16.1. The monoisotopic (exact) mass is 342 g/mol. The Hall–Kier alpha value is -0.890. The van der Waals surface area contributed by atoms with E-state index in [1.165, 1.54) is 18.4 Å². The summed E-state index contributed by atoms with van der Waals surface area (Å²) >= 11 is 0. The van der Waals surface area contributed by atoms with Crippen molar-refractivity contribution in [3.8, 4) is 0 Å². The van der Waals surface area contributed by atoms with Crippen molar-refractivity contribution in [1.29, 1.82) is 0 Å². The third-order valence-corrected chi connectivity index (χ3v) is 8.89. The van der Waals surface area contributed by atoms with Crippen LogP contribution in [0.15, 0.2) is 24.3 Å². The number of aliphatic hydroxyl groups excluding tert-OH is 1. The fourth-order valence-electron chi connectivity index (χ4n) is 7.50. The van der Waals surface area contributed by atoms with Crippen LogP contribution in [-0.4, -0.2) is 17.0 Å². The van der Waals surface area contributed by atoms with E-state index in [4.69, 9.17) is 0 Å². The average Bonchev–Trinajstić information content (AvgIpc) is 2.85. The van der Waals surface area contributed by atoms with Crippen molar-refractivity contribution >= 4 is 5.78 Å². The van der Waals surface area contributed by atoms with Gasteiger partial charge in [-0.3, -0.25) is 4.79 Å². The van der Waals surface area contributed by atoms with E-state index in [1.807, 2.05) is 6.08 Å². The molecule has 1 N–H and O–H groups in total. The molecule has 5 unspecified atom stereocenters. The van der Waals surface area contributed by atoms with Gasteiger partial charge in [0, 0.05) is 12.3 Å². The average molecular weight is 343 g/mol. The highest BCUT2D eigenvalue weighted by Gasteiger charge is 2.61. The molecule has 2 nitrogen and oxygen atoms in total. The maximum absolute atomic E-state index is 12.9. The van der Waals surface area contributed by atoms with Gasteiger partial charge in [-0.1, -0.05) is 38.5 Å². The molecule has 4 aliphatic carbocycles. The first-order valence-electron chi connectivity index (χ1n) is 10.3. The van der Waals surface area contributed by atoms with Crippen LogP contribution in [0, 0.1) is 40.4 Å². The molecule has 4 aliphatic rings. The summed E-state index contributed by atoms with van der Waals surface area (Å²) in [5.41, 5.74) is 1.92. The number of hydrogen-bond donors (Lipinski definition) is 1. The van der Waals surface area contributed by atoms with E-state index in [9.17, 15) is 9.90 Å². The minimum absolute atomic E-state index is 0.143. The lowest BCUT2D eigenvalue weighted by Crippen LogP contribution is -2.50. The molecule has 25 heavy (non-hydrogen) atoms. The highest BCUT2D eigenvalue weighted by Crippen LogP contribution is 2.66. The van der Waals surface area contributed by atoms with Crippen LogP contribution in [0.25, 0.3) is 0 Å². The Bertz CT molecular complexity index is 620. The predicted molar refractivity (Wildman–Crippen MR) is 101 cm³/mol. The van der Waals surface area contributed by atoms with E-state index in [0.717, 1.165) is 32.1 Å². The van der Waals surface area contributed by atoms with Gasteiger partial charge in [0.05, 0.1) is 6.10 Å². The lowest BCUT2D eigenvalue weighted by molar-refractivity contribution is -0.123. The van der Waals surface area contributed by atoms with E-state index in [-0.39, 0.29) is 28.8 Å². The number of fused-ring (bicyclic) bond motifs is 5. The number of carbonyl (C=O) groups excluding carboxylic acids is 1. The zero-order valence-corrected chi connectivity index (χ0v) is 16.1. The van der Waals surface area contributed by atoms with E-state index < -0.39 is 0 Å². The summed E-state index contributed by atoms with van der Waals surface area (Å²) in [7, 11) is 0. The molecular weight excluding hydrogens is 308 g/mol. The largest absolute Gasteiger partial charge is 0.393 e. The third kappa shape index (κ3) is 2.36. The molecule has 0 aromatic carbocycles. The van der Waals surface area contributed by atoms with Gasteiger partial charge in [0.15, 0.2) is 0 Å². The molecular formula is C23H34O2. The number of allylic oxidation sites excluding steroid dienone is 2. The van der Waals surface area contributed by atoms with Gasteiger partial charge < -0.3 is 5.11 Å². The Balaban J connectivity index is 1.68. The molecule has 8 atom stereocenters. The number of rotatable bonds is 2. The SMILES string of the molecule is C=C[C@@H](C)C1C(=O)C[C@H]2C3CC=C4CC(O)CCC4(C)[C@H]3CCC12C. The molecule has 138 valence electrons. The van der Waals surface area contributed by atoms with Gasteiger partial charge >= 0.3 is 0 Å². The molecule has 0 aromatic heterocycles. The van der Waals surface area contributed by atoms with Crippen LogP contribution in [-0.2, 0) is 4.79 Å². The van der Waals surface area contributed by atoms with E-state index >= 15 is 0 Å². The summed E-state index contributed by atoms with van der Waals surface area (Å²) < 4.78 is 0. The number of carbonyl (C=O) groups is 1. The van der Waals surface area contributed by atoms with E-state index in [1.54, 1.807) is 0 Å². The van der Waals surface area contributed by atoms with Crippen LogP contribution in [0.5, 0.6) is 0 Å². The molecule has 0 saturated heterocycles. The Labute approximate surface area is 152 Å². The lowest BCUT2D eigenvalue weighted by atomic mass is 9.47. The van der Waals surface area contributed by atoms with Crippen LogP contribution in [0.1, 0.15) is 65.7 Å². The van der Waals surface area contributed by atoms with Crippen LogP contribution >= 0.6 is 0 Å². The van der Waals surface area contributed by atoms with Crippen LogP contribution in [0.3, 0.4) is 0 Å². The lowest BCUT2D eigenvalue weighted by Gasteiger charge is -2.58. The smallest absolute Gasteiger partial charge is 0.137 e. The van der Waals surface area contributed by atoms with Gasteiger partial charge in [-0.15, -0.1) is 6.58 Å². The predicted octanol–water partition coefficient (Wildman–Crippen LogP) is 4.93. The Kier molecular flexibility index (Phi) is 4.07. The first-order chi connectivity index (χ1) is 11.8. The Morgan fingerprint density at radius 3 is 2.72 bits per heavy atom. The number of hydrogen-bond acceptors (Lipinski definition) is 2. The fraction of sp³-hybridized carbons (Fsp3) is 0.783. The summed E-state index contributed by atoms with van der Waals surface area (Å²) in [4.78, 5) is 12.9. The van der Waals surface area contributed by atoms with Crippen molar-refractivity contribution in [3.05, 3.63) is 24.3 Å². The number of ketones is 1. The highest BCUT2D eigenvalue weighted by molar-refractivity contribution is 5.85. The molecule has 3 saturated carbocycles. The van der Waals surface area contributed by atoms with Crippen molar-refractivity contribution in [3.63, 3.8) is 0 Å². The van der Waals surface area contributed by atoms with Crippen LogP contribution in [0.4, 0.5) is 0 Å². The molecule has 0 heterocycles. The second-order valence-electron chi connectivity index (χ2n) is 9.94. The molecule has 0 spiro atoms. The summed E-state index contributed by atoms with van der Waals surface area (Å²) in [6.07, 6.45) is 11.5. The van der Waals surface area contributed by atoms with Crippen molar-refractivity contribution < 1.29 is 9.90 Å². The van der Waals surface area contributed by atoms with Gasteiger partial charge in [0.1, 0.15) is 5.78 Å². The summed E-state index contributed by atoms with van der Waals surface area (Å²) in [5, 5.41) is 10.1. The van der Waals surface area contributed by atoms with E-state index in [0.29, 0.717) is 23.5 Å². The standard InChI is InChI=1S/C23H34O2/c1-5-14(2)21-20(25)13-19-17-7-6-15-12-16(24)8-10-22(15,3)18(17)9-11-23(19,21)4/h5-6,14,16-19,21,24H,1,7-13H2,2-4H3/t14-,16?,17?,18+,19+,21?,22?,23?/m1/s1. The van der Waals surface area contributed by atoms with Crippen molar-refractivity contribution in [2.24, 2.45) is 40.4 Å². The van der Waals surface area contributed by atoms with Gasteiger partial charge in [0.2, 0.25) is 0 Å².